The molecule has 188 valence electrons. The standard InChI is InChI=1S/C24H14Cl5F3N2O2/c25-14-3-2-12(8-13(14)23(36)34-18-4-1-11(30)7-17(18)31)33-9-19(35)21-20(24(21,28)29)10-5-15(26)22(32)16(27)6-10/h1-8,20-21,33H,9H2,(H,34,36). The van der Waals surface area contributed by atoms with Crippen molar-refractivity contribution in [3.8, 4) is 0 Å². The summed E-state index contributed by atoms with van der Waals surface area (Å²) in [5, 5.41) is 4.83. The average Bonchev–Trinajstić information content (AvgIpc) is 3.40. The first kappa shape index (κ1) is 26.9. The Kier molecular flexibility index (Phi) is 7.70. The van der Waals surface area contributed by atoms with Crippen LogP contribution in [-0.4, -0.2) is 22.6 Å². The fourth-order valence-electron chi connectivity index (χ4n) is 3.79. The summed E-state index contributed by atoms with van der Waals surface area (Å²) in [4.78, 5) is 25.5. The third kappa shape index (κ3) is 5.41. The SMILES string of the molecule is O=C(Nc1ccc(F)cc1F)c1cc(NCC(=O)C2C(c3cc(Cl)c(F)c(Cl)c3)C2(Cl)Cl)ccc1Cl. The molecule has 0 aliphatic heterocycles. The molecule has 36 heavy (non-hydrogen) atoms. The highest BCUT2D eigenvalue weighted by Crippen LogP contribution is 2.65. The normalized spacial score (nSPS) is 18.0. The number of ketones is 1. The molecular weight excluding hydrogens is 583 g/mol. The summed E-state index contributed by atoms with van der Waals surface area (Å²) in [6, 6.07) is 9.66. The average molecular weight is 597 g/mol. The molecule has 1 aliphatic rings. The highest BCUT2D eigenvalue weighted by molar-refractivity contribution is 6.53. The van der Waals surface area contributed by atoms with Gasteiger partial charge in [0.15, 0.2) is 11.6 Å². The van der Waals surface area contributed by atoms with Crippen LogP contribution in [0.3, 0.4) is 0 Å². The lowest BCUT2D eigenvalue weighted by atomic mass is 10.1. The number of carbonyl (C=O) groups excluding carboxylic acids is 2. The van der Waals surface area contributed by atoms with Gasteiger partial charge < -0.3 is 10.6 Å². The van der Waals surface area contributed by atoms with Crippen LogP contribution in [0.4, 0.5) is 24.5 Å². The first-order valence-corrected chi connectivity index (χ1v) is 12.1. The maximum absolute atomic E-state index is 13.9. The first-order chi connectivity index (χ1) is 16.9. The number of nitrogens with one attached hydrogen (secondary N) is 2. The van der Waals surface area contributed by atoms with Gasteiger partial charge in [0.25, 0.3) is 5.91 Å². The zero-order chi connectivity index (χ0) is 26.4. The summed E-state index contributed by atoms with van der Waals surface area (Å²) in [5.74, 6) is -5.09. The van der Waals surface area contributed by atoms with Crippen molar-refractivity contribution in [3.05, 3.63) is 92.2 Å². The Bertz CT molecular complexity index is 1360. The molecule has 0 saturated heterocycles. The van der Waals surface area contributed by atoms with Gasteiger partial charge in [0.05, 0.1) is 38.8 Å². The van der Waals surface area contributed by atoms with E-state index in [1.165, 1.54) is 30.3 Å². The van der Waals surface area contributed by atoms with Crippen molar-refractivity contribution in [2.24, 2.45) is 5.92 Å². The largest absolute Gasteiger partial charge is 0.378 e. The van der Waals surface area contributed by atoms with Gasteiger partial charge in [0.1, 0.15) is 16.0 Å². The molecular formula is C24H14Cl5F3N2O2. The van der Waals surface area contributed by atoms with Crippen LogP contribution >= 0.6 is 58.0 Å². The number of rotatable bonds is 7. The van der Waals surface area contributed by atoms with Gasteiger partial charge >= 0.3 is 0 Å². The van der Waals surface area contributed by atoms with Gasteiger partial charge in [-0.1, -0.05) is 34.8 Å². The molecule has 1 aliphatic carbocycles. The van der Waals surface area contributed by atoms with Crippen molar-refractivity contribution in [3.63, 3.8) is 0 Å². The van der Waals surface area contributed by atoms with Crippen LogP contribution in [0.2, 0.25) is 15.1 Å². The Morgan fingerprint density at radius 2 is 1.56 bits per heavy atom. The van der Waals surface area contributed by atoms with Gasteiger partial charge in [-0.3, -0.25) is 9.59 Å². The van der Waals surface area contributed by atoms with E-state index in [4.69, 9.17) is 58.0 Å². The van der Waals surface area contributed by atoms with Gasteiger partial charge in [-0.05, 0) is 48.0 Å². The smallest absolute Gasteiger partial charge is 0.257 e. The number of halogens is 8. The highest BCUT2D eigenvalue weighted by atomic mass is 35.5. The molecule has 1 fully saturated rings. The van der Waals surface area contributed by atoms with Crippen molar-refractivity contribution >= 4 is 81.1 Å². The second-order valence-corrected chi connectivity index (χ2v) is 10.7. The number of benzene rings is 3. The lowest BCUT2D eigenvalue weighted by molar-refractivity contribution is -0.118. The number of alkyl halides is 2. The van der Waals surface area contributed by atoms with E-state index in [2.05, 4.69) is 10.6 Å². The summed E-state index contributed by atoms with van der Waals surface area (Å²) >= 11 is 30.5. The van der Waals surface area contributed by atoms with Crippen LogP contribution in [0.25, 0.3) is 0 Å². The van der Waals surface area contributed by atoms with Gasteiger partial charge in [-0.2, -0.15) is 0 Å². The minimum atomic E-state index is -1.44. The quantitative estimate of drug-likeness (QED) is 0.216. The topological polar surface area (TPSA) is 58.2 Å². The first-order valence-electron chi connectivity index (χ1n) is 10.2. The summed E-state index contributed by atoms with van der Waals surface area (Å²) in [6.07, 6.45) is 0. The summed E-state index contributed by atoms with van der Waals surface area (Å²) in [5.41, 5.74) is 0.541. The van der Waals surface area contributed by atoms with E-state index < -0.39 is 39.5 Å². The van der Waals surface area contributed by atoms with Crippen LogP contribution < -0.4 is 10.6 Å². The predicted octanol–water partition coefficient (Wildman–Crippen LogP) is 7.88. The van der Waals surface area contributed by atoms with Gasteiger partial charge in [0.2, 0.25) is 0 Å². The summed E-state index contributed by atoms with van der Waals surface area (Å²) < 4.78 is 39.3. The molecule has 2 unspecified atom stereocenters. The monoisotopic (exact) mass is 594 g/mol. The molecule has 0 heterocycles. The minimum absolute atomic E-state index is 0.0123. The second kappa shape index (κ2) is 10.3. The van der Waals surface area contributed by atoms with E-state index in [1.54, 1.807) is 0 Å². The molecule has 0 bridgehead atoms. The van der Waals surface area contributed by atoms with E-state index in [0.717, 1.165) is 12.1 Å². The Balaban J connectivity index is 1.45. The molecule has 4 rings (SSSR count). The van der Waals surface area contributed by atoms with E-state index in [1.807, 2.05) is 0 Å². The number of carbonyl (C=O) groups is 2. The lowest BCUT2D eigenvalue weighted by Crippen LogP contribution is -2.19. The van der Waals surface area contributed by atoms with Crippen molar-refractivity contribution in [2.75, 3.05) is 17.2 Å². The van der Waals surface area contributed by atoms with E-state index in [0.29, 0.717) is 17.3 Å². The van der Waals surface area contributed by atoms with Gasteiger partial charge in [-0.15, -0.1) is 23.2 Å². The van der Waals surface area contributed by atoms with Crippen LogP contribution in [0.1, 0.15) is 21.8 Å². The van der Waals surface area contributed by atoms with Crippen molar-refractivity contribution < 1.29 is 22.8 Å². The zero-order valence-corrected chi connectivity index (χ0v) is 21.6. The van der Waals surface area contributed by atoms with E-state index in [-0.39, 0.29) is 38.6 Å². The number of hydrogen-bond donors (Lipinski definition) is 2. The molecule has 0 spiro atoms. The molecule has 2 atom stereocenters. The van der Waals surface area contributed by atoms with Gasteiger partial charge in [-0.25, -0.2) is 13.2 Å². The van der Waals surface area contributed by atoms with Crippen molar-refractivity contribution in [1.82, 2.24) is 0 Å². The molecule has 2 N–H and O–H groups in total. The van der Waals surface area contributed by atoms with Crippen LogP contribution in [-0.2, 0) is 4.79 Å². The van der Waals surface area contributed by atoms with Gasteiger partial charge in [0, 0.05) is 17.7 Å². The molecule has 3 aromatic rings. The molecule has 1 saturated carbocycles. The van der Waals surface area contributed by atoms with Crippen LogP contribution in [0, 0.1) is 23.4 Å². The fourth-order valence-corrected chi connectivity index (χ4v) is 5.37. The number of Topliss-reactive ketones (excluding diaryl/α,β-unsaturated/α-hetero) is 1. The third-order valence-electron chi connectivity index (χ3n) is 5.62. The molecule has 0 aromatic heterocycles. The maximum atomic E-state index is 13.9. The Labute approximate surface area is 228 Å². The Morgan fingerprint density at radius 1 is 0.889 bits per heavy atom. The lowest BCUT2D eigenvalue weighted by Gasteiger charge is -2.11. The second-order valence-electron chi connectivity index (χ2n) is 8.02. The number of hydrogen-bond acceptors (Lipinski definition) is 3. The van der Waals surface area contributed by atoms with Crippen molar-refractivity contribution in [2.45, 2.75) is 10.3 Å². The third-order valence-corrected chi connectivity index (χ3v) is 7.44. The molecule has 0 radical (unpaired) electrons. The van der Waals surface area contributed by atoms with E-state index >= 15 is 0 Å². The summed E-state index contributed by atoms with van der Waals surface area (Å²) in [6.45, 7) is -0.208. The summed E-state index contributed by atoms with van der Waals surface area (Å²) in [7, 11) is 0. The number of amides is 1. The highest BCUT2D eigenvalue weighted by Gasteiger charge is 2.67. The van der Waals surface area contributed by atoms with Crippen LogP contribution in [0.5, 0.6) is 0 Å². The fraction of sp³-hybridized carbons (Fsp3) is 0.167. The van der Waals surface area contributed by atoms with Crippen molar-refractivity contribution in [1.29, 1.82) is 0 Å². The minimum Gasteiger partial charge on any atom is -0.378 e. The molecule has 3 aromatic carbocycles. The number of anilines is 2. The Morgan fingerprint density at radius 3 is 2.19 bits per heavy atom. The Hall–Kier alpha value is -2.16. The molecule has 1 amide bonds. The maximum Gasteiger partial charge on any atom is 0.257 e. The van der Waals surface area contributed by atoms with Crippen LogP contribution in [0.15, 0.2) is 48.5 Å². The molecule has 12 heteroatoms. The predicted molar refractivity (Wildman–Crippen MR) is 136 cm³/mol. The molecule has 4 nitrogen and oxygen atoms in total. The zero-order valence-electron chi connectivity index (χ0n) is 17.8. The van der Waals surface area contributed by atoms with E-state index in [9.17, 15) is 22.8 Å².